The third kappa shape index (κ3) is 3.55. The average molecular weight is 385 g/mol. The minimum absolute atomic E-state index is 0. The first kappa shape index (κ1) is 15.7. The second kappa shape index (κ2) is 6.68. The Balaban J connectivity index is 0.00000162. The molecule has 2 rings (SSSR count). The highest BCUT2D eigenvalue weighted by molar-refractivity contribution is 14.1. The van der Waals surface area contributed by atoms with E-state index in [9.17, 15) is 9.18 Å². The number of benzene rings is 1. The fourth-order valence-corrected chi connectivity index (χ4v) is 2.44. The number of carbonyl (C=O) groups excluding carboxylic acids is 1. The topological polar surface area (TPSA) is 32.3 Å². The van der Waals surface area contributed by atoms with Gasteiger partial charge in [0.2, 0.25) is 0 Å². The number of amides is 1. The maximum Gasteiger partial charge on any atom is 0.256 e. The standard InChI is InChI=1S/C12H14FIN2O.ClH/c1-8-7-16(5-4-15-8)12(17)10-6-9(14)2-3-11(10)13;/h2-3,6,8,15H,4-5,7H2,1H3;1H. The molecule has 3 nitrogen and oxygen atoms in total. The zero-order valence-electron chi connectivity index (χ0n) is 9.95. The Bertz CT molecular complexity index is 444. The summed E-state index contributed by atoms with van der Waals surface area (Å²) in [6.07, 6.45) is 0. The van der Waals surface area contributed by atoms with E-state index in [1.165, 1.54) is 6.07 Å². The summed E-state index contributed by atoms with van der Waals surface area (Å²) in [7, 11) is 0. The highest BCUT2D eigenvalue weighted by Gasteiger charge is 2.23. The average Bonchev–Trinajstić information content (AvgIpc) is 2.31. The molecule has 1 N–H and O–H groups in total. The lowest BCUT2D eigenvalue weighted by atomic mass is 10.1. The molecule has 0 aliphatic carbocycles. The molecule has 1 aromatic carbocycles. The van der Waals surface area contributed by atoms with Crippen molar-refractivity contribution in [3.63, 3.8) is 0 Å². The first-order valence-corrected chi connectivity index (χ1v) is 6.63. The molecular weight excluding hydrogens is 370 g/mol. The molecule has 1 saturated heterocycles. The molecule has 0 spiro atoms. The molecule has 1 fully saturated rings. The summed E-state index contributed by atoms with van der Waals surface area (Å²) in [5.74, 6) is -0.657. The number of halogens is 3. The molecular formula is C12H15ClFIN2O. The highest BCUT2D eigenvalue weighted by Crippen LogP contribution is 2.15. The molecule has 6 heteroatoms. The summed E-state index contributed by atoms with van der Waals surface area (Å²) in [5, 5.41) is 3.26. The summed E-state index contributed by atoms with van der Waals surface area (Å²) in [4.78, 5) is 13.9. The maximum absolute atomic E-state index is 13.6. The van der Waals surface area contributed by atoms with Gasteiger partial charge in [-0.25, -0.2) is 4.39 Å². The summed E-state index contributed by atoms with van der Waals surface area (Å²) in [6, 6.07) is 4.87. The summed E-state index contributed by atoms with van der Waals surface area (Å²) in [5.41, 5.74) is 0.172. The van der Waals surface area contributed by atoms with Crippen molar-refractivity contribution in [2.24, 2.45) is 0 Å². The largest absolute Gasteiger partial charge is 0.336 e. The van der Waals surface area contributed by atoms with Gasteiger partial charge in [-0.2, -0.15) is 0 Å². The van der Waals surface area contributed by atoms with Gasteiger partial charge in [0.25, 0.3) is 5.91 Å². The number of hydrogen-bond donors (Lipinski definition) is 1. The van der Waals surface area contributed by atoms with Crippen molar-refractivity contribution in [2.45, 2.75) is 13.0 Å². The lowest BCUT2D eigenvalue weighted by molar-refractivity contribution is 0.0704. The Hall–Kier alpha value is -0.400. The van der Waals surface area contributed by atoms with Crippen molar-refractivity contribution < 1.29 is 9.18 Å². The van der Waals surface area contributed by atoms with Crippen molar-refractivity contribution in [1.82, 2.24) is 10.2 Å². The van der Waals surface area contributed by atoms with Crippen LogP contribution in [0.4, 0.5) is 4.39 Å². The summed E-state index contributed by atoms with van der Waals surface area (Å²) < 4.78 is 14.5. The molecule has 0 aromatic heterocycles. The van der Waals surface area contributed by atoms with Gasteiger partial charge in [0.1, 0.15) is 5.82 Å². The molecule has 100 valence electrons. The van der Waals surface area contributed by atoms with E-state index in [4.69, 9.17) is 0 Å². The third-order valence-electron chi connectivity index (χ3n) is 2.81. The third-order valence-corrected chi connectivity index (χ3v) is 3.49. The van der Waals surface area contributed by atoms with Crippen LogP contribution in [0.3, 0.4) is 0 Å². The molecule has 1 heterocycles. The Morgan fingerprint density at radius 1 is 1.56 bits per heavy atom. The molecule has 1 unspecified atom stereocenters. The van der Waals surface area contributed by atoms with E-state index < -0.39 is 5.82 Å². The van der Waals surface area contributed by atoms with Gasteiger partial charge in [0.15, 0.2) is 0 Å². The van der Waals surface area contributed by atoms with Crippen LogP contribution >= 0.6 is 35.0 Å². The highest BCUT2D eigenvalue weighted by atomic mass is 127. The minimum Gasteiger partial charge on any atom is -0.336 e. The molecule has 1 aliphatic heterocycles. The van der Waals surface area contributed by atoms with Crippen LogP contribution < -0.4 is 5.32 Å². The fourth-order valence-electron chi connectivity index (χ4n) is 1.95. The van der Waals surface area contributed by atoms with Gasteiger partial charge in [0.05, 0.1) is 5.56 Å². The summed E-state index contributed by atoms with van der Waals surface area (Å²) in [6.45, 7) is 4.04. The van der Waals surface area contributed by atoms with Crippen LogP contribution in [0.2, 0.25) is 0 Å². The second-order valence-electron chi connectivity index (χ2n) is 4.23. The number of hydrogen-bond acceptors (Lipinski definition) is 2. The van der Waals surface area contributed by atoms with Crippen molar-refractivity contribution in [1.29, 1.82) is 0 Å². The Kier molecular flexibility index (Phi) is 5.81. The second-order valence-corrected chi connectivity index (χ2v) is 5.48. The van der Waals surface area contributed by atoms with Gasteiger partial charge in [-0.15, -0.1) is 12.4 Å². The maximum atomic E-state index is 13.6. The van der Waals surface area contributed by atoms with E-state index in [1.807, 2.05) is 6.92 Å². The fraction of sp³-hybridized carbons (Fsp3) is 0.417. The van der Waals surface area contributed by atoms with Gasteiger partial charge in [-0.05, 0) is 47.7 Å². The molecule has 0 radical (unpaired) electrons. The van der Waals surface area contributed by atoms with Gasteiger partial charge in [0, 0.05) is 29.2 Å². The van der Waals surface area contributed by atoms with Crippen molar-refractivity contribution >= 4 is 40.9 Å². The van der Waals surface area contributed by atoms with E-state index in [2.05, 4.69) is 27.9 Å². The Labute approximate surface area is 126 Å². The molecule has 1 aliphatic rings. The number of nitrogens with one attached hydrogen (secondary N) is 1. The van der Waals surface area contributed by atoms with Crippen molar-refractivity contribution in [3.8, 4) is 0 Å². The molecule has 18 heavy (non-hydrogen) atoms. The van der Waals surface area contributed by atoms with Crippen LogP contribution in [0.25, 0.3) is 0 Å². The zero-order chi connectivity index (χ0) is 12.4. The Morgan fingerprint density at radius 2 is 2.28 bits per heavy atom. The van der Waals surface area contributed by atoms with Crippen LogP contribution in [0.1, 0.15) is 17.3 Å². The smallest absolute Gasteiger partial charge is 0.256 e. The molecule has 1 amide bonds. The van der Waals surface area contributed by atoms with Crippen LogP contribution in [0, 0.1) is 9.39 Å². The van der Waals surface area contributed by atoms with E-state index >= 15 is 0 Å². The number of rotatable bonds is 1. The van der Waals surface area contributed by atoms with Gasteiger partial charge < -0.3 is 10.2 Å². The van der Waals surface area contributed by atoms with E-state index in [0.29, 0.717) is 13.1 Å². The lowest BCUT2D eigenvalue weighted by Gasteiger charge is -2.32. The zero-order valence-corrected chi connectivity index (χ0v) is 12.9. The summed E-state index contributed by atoms with van der Waals surface area (Å²) >= 11 is 2.08. The number of nitrogens with zero attached hydrogens (tertiary/aromatic N) is 1. The van der Waals surface area contributed by atoms with E-state index in [1.54, 1.807) is 17.0 Å². The Morgan fingerprint density at radius 3 is 2.94 bits per heavy atom. The van der Waals surface area contributed by atoms with Crippen LogP contribution in [-0.2, 0) is 0 Å². The van der Waals surface area contributed by atoms with Crippen LogP contribution in [0.15, 0.2) is 18.2 Å². The lowest BCUT2D eigenvalue weighted by Crippen LogP contribution is -2.51. The van der Waals surface area contributed by atoms with Gasteiger partial charge >= 0.3 is 0 Å². The van der Waals surface area contributed by atoms with E-state index in [0.717, 1.165) is 10.1 Å². The predicted molar refractivity (Wildman–Crippen MR) is 79.7 cm³/mol. The first-order valence-electron chi connectivity index (χ1n) is 5.55. The predicted octanol–water partition coefficient (Wildman–Crippen LogP) is 2.29. The minimum atomic E-state index is -0.443. The van der Waals surface area contributed by atoms with E-state index in [-0.39, 0.29) is 29.9 Å². The van der Waals surface area contributed by atoms with Crippen LogP contribution in [0.5, 0.6) is 0 Å². The van der Waals surface area contributed by atoms with Crippen molar-refractivity contribution in [2.75, 3.05) is 19.6 Å². The first-order chi connectivity index (χ1) is 8.08. The normalized spacial score (nSPS) is 19.3. The molecule has 0 saturated carbocycles. The monoisotopic (exact) mass is 384 g/mol. The SMILES string of the molecule is CC1CN(C(=O)c2cc(I)ccc2F)CCN1.Cl. The van der Waals surface area contributed by atoms with Crippen LogP contribution in [-0.4, -0.2) is 36.5 Å². The van der Waals surface area contributed by atoms with Crippen molar-refractivity contribution in [3.05, 3.63) is 33.1 Å². The van der Waals surface area contributed by atoms with Gasteiger partial charge in [-0.3, -0.25) is 4.79 Å². The molecule has 1 atom stereocenters. The number of carbonyl (C=O) groups is 1. The molecule has 0 bridgehead atoms. The number of piperazine rings is 1. The quantitative estimate of drug-likeness (QED) is 0.754. The van der Waals surface area contributed by atoms with Gasteiger partial charge in [-0.1, -0.05) is 0 Å². The molecule has 1 aromatic rings.